The van der Waals surface area contributed by atoms with Crippen molar-refractivity contribution in [3.05, 3.63) is 34.8 Å². The number of para-hydroxylation sites is 1. The van der Waals surface area contributed by atoms with Gasteiger partial charge in [-0.25, -0.2) is 0 Å². The van der Waals surface area contributed by atoms with Crippen LogP contribution in [0.2, 0.25) is 0 Å². The predicted octanol–water partition coefficient (Wildman–Crippen LogP) is 3.82. The Morgan fingerprint density at radius 1 is 0.941 bits per heavy atom. The molecule has 2 aromatic rings. The number of nitrogens with one attached hydrogen (secondary N) is 1. The highest BCUT2D eigenvalue weighted by Gasteiger charge is 2.00. The van der Waals surface area contributed by atoms with Gasteiger partial charge in [-0.3, -0.25) is 0 Å². The van der Waals surface area contributed by atoms with Crippen LogP contribution < -0.4 is 10.6 Å². The summed E-state index contributed by atoms with van der Waals surface area (Å²) in [6, 6.07) is 8.48. The van der Waals surface area contributed by atoms with E-state index >= 15 is 0 Å². The lowest BCUT2D eigenvalue weighted by Gasteiger charge is -1.92. The van der Waals surface area contributed by atoms with Crippen LogP contribution in [-0.4, -0.2) is 4.98 Å². The maximum atomic E-state index is 3.43. The minimum atomic E-state index is 0. The van der Waals surface area contributed by atoms with Crippen molar-refractivity contribution in [2.75, 3.05) is 0 Å². The van der Waals surface area contributed by atoms with Gasteiger partial charge in [0.1, 0.15) is 0 Å². The number of H-pyrrole nitrogens is 1. The summed E-state index contributed by atoms with van der Waals surface area (Å²) < 4.78 is 0. The van der Waals surface area contributed by atoms with Crippen LogP contribution in [0, 0.1) is 0 Å². The van der Waals surface area contributed by atoms with Crippen LogP contribution >= 0.6 is 0 Å². The molecule has 0 aliphatic heterocycles. The van der Waals surface area contributed by atoms with Gasteiger partial charge in [0.15, 0.2) is 0 Å². The van der Waals surface area contributed by atoms with Crippen molar-refractivity contribution in [2.45, 2.75) is 40.5 Å². The van der Waals surface area contributed by atoms with Gasteiger partial charge in [-0.2, -0.15) is 0 Å². The van der Waals surface area contributed by atoms with E-state index < -0.39 is 0 Å². The van der Waals surface area contributed by atoms with E-state index in [4.69, 9.17) is 0 Å². The molecule has 1 heterocycles. The summed E-state index contributed by atoms with van der Waals surface area (Å²) >= 11 is 0. The summed E-state index contributed by atoms with van der Waals surface area (Å²) in [5.74, 6) is 0. The third-order valence-corrected chi connectivity index (χ3v) is 2.64. The first-order valence-electron chi connectivity index (χ1n) is 6.72. The Hall–Kier alpha value is -1.50. The van der Waals surface area contributed by atoms with Crippen LogP contribution in [0.15, 0.2) is 24.3 Å². The van der Waals surface area contributed by atoms with Gasteiger partial charge in [0.25, 0.3) is 0 Å². The normalized spacial score (nSPS) is 12.0. The third-order valence-electron chi connectivity index (χ3n) is 2.64. The molecule has 1 aromatic carbocycles. The Balaban J connectivity index is 0.000000531. The summed E-state index contributed by atoms with van der Waals surface area (Å²) in [6.07, 6.45) is 6.96. The Labute approximate surface area is 105 Å². The molecule has 94 valence electrons. The van der Waals surface area contributed by atoms with E-state index in [2.05, 4.69) is 41.4 Å². The Bertz CT molecular complexity index is 566. The predicted molar refractivity (Wildman–Crippen MR) is 80.5 cm³/mol. The molecule has 0 unspecified atom stereocenters. The van der Waals surface area contributed by atoms with Crippen LogP contribution in [0.25, 0.3) is 23.1 Å². The maximum Gasteiger partial charge on any atom is 0.0464 e. The average molecular weight is 231 g/mol. The Kier molecular flexibility index (Phi) is 5.55. The number of benzene rings is 1. The van der Waals surface area contributed by atoms with Crippen LogP contribution in [-0.2, 0) is 0 Å². The van der Waals surface area contributed by atoms with Gasteiger partial charge in [0.05, 0.1) is 0 Å². The lowest BCUT2D eigenvalue weighted by molar-refractivity contribution is 1.11. The molecule has 0 atom stereocenters. The highest BCUT2D eigenvalue weighted by atomic mass is 14.7. The summed E-state index contributed by atoms with van der Waals surface area (Å²) in [5.41, 5.74) is 1.25. The van der Waals surface area contributed by atoms with E-state index in [0.717, 1.165) is 0 Å². The lowest BCUT2D eigenvalue weighted by Crippen LogP contribution is -2.24. The van der Waals surface area contributed by atoms with Crippen molar-refractivity contribution in [3.63, 3.8) is 0 Å². The van der Waals surface area contributed by atoms with E-state index in [9.17, 15) is 0 Å². The van der Waals surface area contributed by atoms with Crippen LogP contribution in [0.4, 0.5) is 0 Å². The number of rotatable bonds is 0. The molecule has 17 heavy (non-hydrogen) atoms. The molecule has 1 aliphatic carbocycles. The molecule has 1 aromatic heterocycles. The monoisotopic (exact) mass is 231 g/mol. The van der Waals surface area contributed by atoms with Crippen molar-refractivity contribution < 1.29 is 1.43 Å². The molecule has 0 amide bonds. The third kappa shape index (κ3) is 2.79. The van der Waals surface area contributed by atoms with Crippen LogP contribution in [0.5, 0.6) is 0 Å². The summed E-state index contributed by atoms with van der Waals surface area (Å²) in [6.45, 7) is 8.00. The molecule has 0 bridgehead atoms. The topological polar surface area (TPSA) is 15.8 Å². The fraction of sp³-hybridized carbons (Fsp3) is 0.375. The molecule has 0 radical (unpaired) electrons. The van der Waals surface area contributed by atoms with Crippen molar-refractivity contribution in [3.8, 4) is 0 Å². The second-order valence-electron chi connectivity index (χ2n) is 3.48. The van der Waals surface area contributed by atoms with E-state index in [0.29, 0.717) is 0 Å². The number of hydrogen-bond donors (Lipinski definition) is 1. The molecule has 1 nitrogen and oxygen atoms in total. The van der Waals surface area contributed by atoms with Gasteiger partial charge in [0, 0.05) is 22.9 Å². The minimum absolute atomic E-state index is 0. The highest BCUT2D eigenvalue weighted by molar-refractivity contribution is 5.81. The molecule has 0 spiro atoms. The van der Waals surface area contributed by atoms with Gasteiger partial charge in [0.2, 0.25) is 0 Å². The molecule has 0 saturated carbocycles. The zero-order valence-corrected chi connectivity index (χ0v) is 11.4. The maximum absolute atomic E-state index is 3.43. The van der Waals surface area contributed by atoms with Crippen molar-refractivity contribution >= 4 is 23.1 Å². The quantitative estimate of drug-likeness (QED) is 0.709. The molecule has 1 N–H and O–H groups in total. The number of fused-ring (bicyclic) bond motifs is 3. The Morgan fingerprint density at radius 3 is 2.35 bits per heavy atom. The highest BCUT2D eigenvalue weighted by Crippen LogP contribution is 2.06. The van der Waals surface area contributed by atoms with Crippen molar-refractivity contribution in [1.82, 2.24) is 4.98 Å². The fourth-order valence-corrected chi connectivity index (χ4v) is 2.02. The molecule has 0 saturated heterocycles. The van der Waals surface area contributed by atoms with Gasteiger partial charge >= 0.3 is 0 Å². The lowest BCUT2D eigenvalue weighted by atomic mass is 10.1. The SMILES string of the molecule is C1=c2[nH]c3ccccc3c2=CCC1.CC.CC.[HH]. The number of hydrogen-bond acceptors (Lipinski definition) is 0. The van der Waals surface area contributed by atoms with E-state index in [-0.39, 0.29) is 1.43 Å². The van der Waals surface area contributed by atoms with E-state index in [1.807, 2.05) is 27.7 Å². The number of aromatic nitrogens is 1. The smallest absolute Gasteiger partial charge is 0.0464 e. The second-order valence-corrected chi connectivity index (χ2v) is 3.48. The fourth-order valence-electron chi connectivity index (χ4n) is 2.02. The Morgan fingerprint density at radius 2 is 1.59 bits per heavy atom. The standard InChI is InChI=1S/C12H11N.2C2H6.H2/c1-3-7-11-9(5-1)10-6-2-4-8-12(10)13-11;2*1-2;/h1,3,5-8,13H,2,4H2;2*1-2H3;1H. The molecule has 0 fully saturated rings. The van der Waals surface area contributed by atoms with Gasteiger partial charge in [-0.05, 0) is 18.9 Å². The summed E-state index contributed by atoms with van der Waals surface area (Å²) in [4.78, 5) is 3.43. The zero-order chi connectivity index (χ0) is 12.7. The minimum Gasteiger partial charge on any atom is -0.355 e. The summed E-state index contributed by atoms with van der Waals surface area (Å²) in [7, 11) is 0. The second kappa shape index (κ2) is 6.95. The van der Waals surface area contributed by atoms with Gasteiger partial charge < -0.3 is 4.98 Å². The van der Waals surface area contributed by atoms with E-state index in [1.54, 1.807) is 0 Å². The molecule has 1 heteroatoms. The number of aromatic amines is 1. The first-order chi connectivity index (χ1) is 8.45. The van der Waals surface area contributed by atoms with Crippen molar-refractivity contribution in [1.29, 1.82) is 0 Å². The van der Waals surface area contributed by atoms with Crippen LogP contribution in [0.1, 0.15) is 42.0 Å². The first-order valence-corrected chi connectivity index (χ1v) is 6.72. The van der Waals surface area contributed by atoms with E-state index in [1.165, 1.54) is 34.3 Å². The molecule has 3 rings (SSSR count). The van der Waals surface area contributed by atoms with Gasteiger partial charge in [-0.1, -0.05) is 58.0 Å². The zero-order valence-electron chi connectivity index (χ0n) is 11.4. The van der Waals surface area contributed by atoms with Crippen LogP contribution in [0.3, 0.4) is 0 Å². The largest absolute Gasteiger partial charge is 0.355 e. The molecular weight excluding hydrogens is 206 g/mol. The molecular formula is C16H25N. The van der Waals surface area contributed by atoms with Crippen molar-refractivity contribution in [2.24, 2.45) is 0 Å². The average Bonchev–Trinajstić information content (AvgIpc) is 2.82. The summed E-state index contributed by atoms with van der Waals surface area (Å²) in [5, 5.41) is 4.04. The molecule has 1 aliphatic rings. The van der Waals surface area contributed by atoms with Gasteiger partial charge in [-0.15, -0.1) is 0 Å². The first kappa shape index (κ1) is 13.6.